The average molecular weight is 296 g/mol. The lowest BCUT2D eigenvalue weighted by Crippen LogP contribution is -2.27. The lowest BCUT2D eigenvalue weighted by molar-refractivity contribution is 0.0939. The van der Waals surface area contributed by atoms with E-state index in [1.54, 1.807) is 19.1 Å². The van der Waals surface area contributed by atoms with Crippen LogP contribution >= 0.6 is 11.6 Å². The molecule has 2 aromatic rings. The summed E-state index contributed by atoms with van der Waals surface area (Å²) >= 11 is 5.86. The molecular formula is C15H12ClF2NO. The summed E-state index contributed by atoms with van der Waals surface area (Å²) < 4.78 is 26.0. The Labute approximate surface area is 120 Å². The number of hydrogen-bond donors (Lipinski definition) is 1. The van der Waals surface area contributed by atoms with Gasteiger partial charge in [0.05, 0.1) is 16.6 Å². The summed E-state index contributed by atoms with van der Waals surface area (Å²) in [5.41, 5.74) is 0.813. The highest BCUT2D eigenvalue weighted by Gasteiger charge is 2.15. The quantitative estimate of drug-likeness (QED) is 0.907. The molecule has 0 saturated carbocycles. The van der Waals surface area contributed by atoms with Crippen molar-refractivity contribution < 1.29 is 13.6 Å². The summed E-state index contributed by atoms with van der Waals surface area (Å²) in [6.45, 7) is 1.75. The van der Waals surface area contributed by atoms with Crippen LogP contribution in [0.1, 0.15) is 28.9 Å². The Bertz CT molecular complexity index is 628. The first-order valence-electron chi connectivity index (χ1n) is 5.99. The molecule has 2 aromatic carbocycles. The molecule has 0 aromatic heterocycles. The summed E-state index contributed by atoms with van der Waals surface area (Å²) in [5.74, 6) is -1.36. The van der Waals surface area contributed by atoms with Gasteiger partial charge in [-0.1, -0.05) is 23.7 Å². The Hall–Kier alpha value is -1.94. The molecule has 2 nitrogen and oxygen atoms in total. The second-order valence-corrected chi connectivity index (χ2v) is 4.78. The molecule has 0 bridgehead atoms. The molecule has 20 heavy (non-hydrogen) atoms. The molecule has 0 aliphatic rings. The van der Waals surface area contributed by atoms with E-state index in [0.29, 0.717) is 0 Å². The first kappa shape index (κ1) is 14.5. The molecule has 104 valence electrons. The van der Waals surface area contributed by atoms with Gasteiger partial charge in [-0.25, -0.2) is 8.78 Å². The normalized spacial score (nSPS) is 12.0. The fourth-order valence-corrected chi connectivity index (χ4v) is 1.98. The van der Waals surface area contributed by atoms with Crippen LogP contribution in [0.2, 0.25) is 5.02 Å². The SMILES string of the molecule is C[C@H](NC(=O)c1cc(F)ccc1Cl)c1ccc(F)cc1. The molecule has 0 saturated heterocycles. The first-order chi connectivity index (χ1) is 9.47. The summed E-state index contributed by atoms with van der Waals surface area (Å²) in [7, 11) is 0. The van der Waals surface area contributed by atoms with Gasteiger partial charge in [-0.05, 0) is 42.8 Å². The molecule has 0 heterocycles. The molecule has 1 amide bonds. The van der Waals surface area contributed by atoms with Crippen LogP contribution < -0.4 is 5.32 Å². The second-order valence-electron chi connectivity index (χ2n) is 4.37. The zero-order chi connectivity index (χ0) is 14.7. The minimum absolute atomic E-state index is 0.0700. The summed E-state index contributed by atoms with van der Waals surface area (Å²) in [6, 6.07) is 9.02. The zero-order valence-corrected chi connectivity index (χ0v) is 11.4. The van der Waals surface area contributed by atoms with E-state index in [1.807, 2.05) is 0 Å². The predicted molar refractivity (Wildman–Crippen MR) is 73.7 cm³/mol. The largest absolute Gasteiger partial charge is 0.345 e. The third kappa shape index (κ3) is 3.33. The Kier molecular flexibility index (Phi) is 4.35. The average Bonchev–Trinajstić information content (AvgIpc) is 2.42. The predicted octanol–water partition coefficient (Wildman–Crippen LogP) is 4.11. The van der Waals surface area contributed by atoms with Crippen LogP contribution in [0, 0.1) is 11.6 Å². The smallest absolute Gasteiger partial charge is 0.253 e. The van der Waals surface area contributed by atoms with Crippen LogP contribution in [-0.4, -0.2) is 5.91 Å². The van der Waals surface area contributed by atoms with Crippen molar-refractivity contribution in [2.24, 2.45) is 0 Å². The third-order valence-corrected chi connectivity index (χ3v) is 3.22. The number of halogens is 3. The number of nitrogens with one attached hydrogen (secondary N) is 1. The van der Waals surface area contributed by atoms with Gasteiger partial charge in [0.2, 0.25) is 0 Å². The number of rotatable bonds is 3. The van der Waals surface area contributed by atoms with Crippen LogP contribution in [0.25, 0.3) is 0 Å². The fourth-order valence-electron chi connectivity index (χ4n) is 1.78. The van der Waals surface area contributed by atoms with Gasteiger partial charge in [-0.2, -0.15) is 0 Å². The number of carbonyl (C=O) groups is 1. The number of hydrogen-bond acceptors (Lipinski definition) is 1. The maximum atomic E-state index is 13.1. The lowest BCUT2D eigenvalue weighted by Gasteiger charge is -2.15. The summed E-state index contributed by atoms with van der Waals surface area (Å²) in [5, 5.41) is 2.86. The van der Waals surface area contributed by atoms with E-state index >= 15 is 0 Å². The van der Waals surface area contributed by atoms with Crippen LogP contribution in [0.5, 0.6) is 0 Å². The number of benzene rings is 2. The maximum absolute atomic E-state index is 13.1. The van der Waals surface area contributed by atoms with Crippen LogP contribution in [0.4, 0.5) is 8.78 Å². The molecular weight excluding hydrogens is 284 g/mol. The zero-order valence-electron chi connectivity index (χ0n) is 10.7. The maximum Gasteiger partial charge on any atom is 0.253 e. The molecule has 0 unspecified atom stereocenters. The summed E-state index contributed by atoms with van der Waals surface area (Å²) in [6.07, 6.45) is 0. The molecule has 2 rings (SSSR count). The Morgan fingerprint density at radius 2 is 1.70 bits per heavy atom. The number of carbonyl (C=O) groups excluding carboxylic acids is 1. The van der Waals surface area contributed by atoms with E-state index in [2.05, 4.69) is 5.32 Å². The van der Waals surface area contributed by atoms with Gasteiger partial charge >= 0.3 is 0 Å². The van der Waals surface area contributed by atoms with E-state index in [1.165, 1.54) is 24.3 Å². The number of amides is 1. The van der Waals surface area contributed by atoms with Crippen LogP contribution in [0.15, 0.2) is 42.5 Å². The second kappa shape index (κ2) is 6.01. The Morgan fingerprint density at radius 1 is 1.10 bits per heavy atom. The molecule has 5 heteroatoms. The van der Waals surface area contributed by atoms with Crippen molar-refractivity contribution in [3.63, 3.8) is 0 Å². The minimum atomic E-state index is -0.533. The van der Waals surface area contributed by atoms with E-state index in [-0.39, 0.29) is 22.4 Å². The highest BCUT2D eigenvalue weighted by Crippen LogP contribution is 2.19. The van der Waals surface area contributed by atoms with Crippen molar-refractivity contribution in [2.75, 3.05) is 0 Å². The minimum Gasteiger partial charge on any atom is -0.345 e. The van der Waals surface area contributed by atoms with Gasteiger partial charge < -0.3 is 5.32 Å². The standard InChI is InChI=1S/C15H12ClF2NO/c1-9(10-2-4-11(17)5-3-10)19-15(20)13-8-12(18)6-7-14(13)16/h2-9H,1H3,(H,19,20)/t9-/m0/s1. The summed E-state index contributed by atoms with van der Waals surface area (Å²) in [4.78, 5) is 12.0. The lowest BCUT2D eigenvalue weighted by atomic mass is 10.1. The molecule has 0 fully saturated rings. The van der Waals surface area contributed by atoms with E-state index in [4.69, 9.17) is 11.6 Å². The molecule has 0 aliphatic carbocycles. The highest BCUT2D eigenvalue weighted by atomic mass is 35.5. The topological polar surface area (TPSA) is 29.1 Å². The van der Waals surface area contributed by atoms with Crippen molar-refractivity contribution >= 4 is 17.5 Å². The van der Waals surface area contributed by atoms with Crippen molar-refractivity contribution in [1.29, 1.82) is 0 Å². The molecule has 1 atom stereocenters. The first-order valence-corrected chi connectivity index (χ1v) is 6.36. The van der Waals surface area contributed by atoms with Crippen LogP contribution in [-0.2, 0) is 0 Å². The van der Waals surface area contributed by atoms with Gasteiger partial charge in [-0.15, -0.1) is 0 Å². The van der Waals surface area contributed by atoms with Crippen molar-refractivity contribution in [3.8, 4) is 0 Å². The molecule has 0 aliphatic heterocycles. The van der Waals surface area contributed by atoms with E-state index in [9.17, 15) is 13.6 Å². The van der Waals surface area contributed by atoms with Crippen molar-refractivity contribution in [2.45, 2.75) is 13.0 Å². The third-order valence-electron chi connectivity index (χ3n) is 2.89. The highest BCUT2D eigenvalue weighted by molar-refractivity contribution is 6.33. The molecule has 0 radical (unpaired) electrons. The molecule has 0 spiro atoms. The monoisotopic (exact) mass is 295 g/mol. The van der Waals surface area contributed by atoms with Gasteiger partial charge in [-0.3, -0.25) is 4.79 Å². The van der Waals surface area contributed by atoms with Crippen molar-refractivity contribution in [3.05, 3.63) is 70.2 Å². The van der Waals surface area contributed by atoms with Gasteiger partial charge in [0.15, 0.2) is 0 Å². The van der Waals surface area contributed by atoms with E-state index < -0.39 is 11.7 Å². The molecule has 1 N–H and O–H groups in total. The van der Waals surface area contributed by atoms with E-state index in [0.717, 1.165) is 11.6 Å². The van der Waals surface area contributed by atoms with Crippen LogP contribution in [0.3, 0.4) is 0 Å². The van der Waals surface area contributed by atoms with Gasteiger partial charge in [0, 0.05) is 0 Å². The van der Waals surface area contributed by atoms with Crippen molar-refractivity contribution in [1.82, 2.24) is 5.32 Å². The van der Waals surface area contributed by atoms with Gasteiger partial charge in [0.25, 0.3) is 5.91 Å². The van der Waals surface area contributed by atoms with Gasteiger partial charge in [0.1, 0.15) is 11.6 Å². The fraction of sp³-hybridized carbons (Fsp3) is 0.133. The Balaban J connectivity index is 2.15. The Morgan fingerprint density at radius 3 is 2.35 bits per heavy atom.